The Morgan fingerprint density at radius 2 is 1.81 bits per heavy atom. The molecule has 0 unspecified atom stereocenters. The molecule has 1 N–H and O–H groups in total. The van der Waals surface area contributed by atoms with Gasteiger partial charge in [0.1, 0.15) is 0 Å². The van der Waals surface area contributed by atoms with Gasteiger partial charge in [-0.3, -0.25) is 4.99 Å². The van der Waals surface area contributed by atoms with Gasteiger partial charge in [0.05, 0.1) is 0 Å². The molecule has 0 saturated carbocycles. The minimum Gasteiger partial charge on any atom is -0.355 e. The van der Waals surface area contributed by atoms with Gasteiger partial charge in [0.15, 0.2) is 5.96 Å². The number of likely N-dealkylation sites (tertiary alicyclic amines) is 2. The van der Waals surface area contributed by atoms with Crippen molar-refractivity contribution >= 4 is 5.96 Å². The maximum atomic E-state index is 4.48. The molecule has 2 rings (SSSR count). The van der Waals surface area contributed by atoms with Crippen LogP contribution >= 0.6 is 0 Å². The van der Waals surface area contributed by atoms with Gasteiger partial charge in [0, 0.05) is 37.6 Å². The van der Waals surface area contributed by atoms with Crippen molar-refractivity contribution in [2.75, 3.05) is 39.8 Å². The number of nitrogens with zero attached hydrogens (tertiary/aromatic N) is 3. The predicted octanol–water partition coefficient (Wildman–Crippen LogP) is 2.41. The molecule has 122 valence electrons. The molecule has 0 bridgehead atoms. The Balaban J connectivity index is 1.77. The lowest BCUT2D eigenvalue weighted by Crippen LogP contribution is -2.72. The normalized spacial score (nSPS) is 26.6. The summed E-state index contributed by atoms with van der Waals surface area (Å²) in [4.78, 5) is 9.46. The maximum Gasteiger partial charge on any atom is 0.194 e. The SMILES string of the molecule is CN=C(NCCN1CCC(C)CC1)N1CC(C)(C)C1(C)C. The quantitative estimate of drug-likeness (QED) is 0.640. The molecule has 2 aliphatic rings. The van der Waals surface area contributed by atoms with Gasteiger partial charge in [-0.2, -0.15) is 0 Å². The third-order valence-electron chi connectivity index (χ3n) is 5.94. The van der Waals surface area contributed by atoms with E-state index >= 15 is 0 Å². The summed E-state index contributed by atoms with van der Waals surface area (Å²) < 4.78 is 0. The lowest BCUT2D eigenvalue weighted by Gasteiger charge is -2.62. The molecule has 2 aliphatic heterocycles. The second-order valence-corrected chi connectivity index (χ2v) is 8.03. The van der Waals surface area contributed by atoms with E-state index in [0.29, 0.717) is 5.41 Å². The van der Waals surface area contributed by atoms with Gasteiger partial charge in [-0.1, -0.05) is 20.8 Å². The lowest BCUT2D eigenvalue weighted by molar-refractivity contribution is -0.0667. The van der Waals surface area contributed by atoms with Crippen LogP contribution in [0.25, 0.3) is 0 Å². The minimum absolute atomic E-state index is 0.176. The highest BCUT2D eigenvalue weighted by molar-refractivity contribution is 5.82. The Kier molecular flexibility index (Phi) is 4.86. The van der Waals surface area contributed by atoms with E-state index in [9.17, 15) is 0 Å². The largest absolute Gasteiger partial charge is 0.355 e. The first kappa shape index (κ1) is 16.6. The number of rotatable bonds is 3. The number of hydrogen-bond donors (Lipinski definition) is 1. The van der Waals surface area contributed by atoms with Crippen LogP contribution in [0.4, 0.5) is 0 Å². The van der Waals surface area contributed by atoms with E-state index in [1.165, 1.54) is 25.9 Å². The van der Waals surface area contributed by atoms with Crippen LogP contribution < -0.4 is 5.32 Å². The molecule has 0 aromatic rings. The topological polar surface area (TPSA) is 30.9 Å². The molecule has 2 saturated heterocycles. The summed E-state index contributed by atoms with van der Waals surface area (Å²) in [5, 5.41) is 3.56. The number of hydrogen-bond acceptors (Lipinski definition) is 2. The smallest absolute Gasteiger partial charge is 0.194 e. The molecule has 2 heterocycles. The average Bonchev–Trinajstić information content (AvgIpc) is 2.44. The Hall–Kier alpha value is -0.770. The van der Waals surface area contributed by atoms with Crippen molar-refractivity contribution in [1.29, 1.82) is 0 Å². The van der Waals surface area contributed by atoms with Crippen LogP contribution in [0.1, 0.15) is 47.5 Å². The molecular weight excluding hydrogens is 260 g/mol. The lowest BCUT2D eigenvalue weighted by atomic mass is 9.65. The predicted molar refractivity (Wildman–Crippen MR) is 90.8 cm³/mol. The fraction of sp³-hybridized carbons (Fsp3) is 0.941. The van der Waals surface area contributed by atoms with Gasteiger partial charge in [0.25, 0.3) is 0 Å². The van der Waals surface area contributed by atoms with E-state index in [1.54, 1.807) is 0 Å². The van der Waals surface area contributed by atoms with E-state index < -0.39 is 0 Å². The Bertz CT molecular complexity index is 378. The third-order valence-corrected chi connectivity index (χ3v) is 5.94. The van der Waals surface area contributed by atoms with Gasteiger partial charge >= 0.3 is 0 Å². The van der Waals surface area contributed by atoms with Crippen molar-refractivity contribution in [2.24, 2.45) is 16.3 Å². The summed E-state index contributed by atoms with van der Waals surface area (Å²) in [5.41, 5.74) is 0.531. The van der Waals surface area contributed by atoms with Crippen LogP contribution in [0.3, 0.4) is 0 Å². The Labute approximate surface area is 131 Å². The second kappa shape index (κ2) is 6.15. The van der Waals surface area contributed by atoms with Crippen molar-refractivity contribution in [2.45, 2.75) is 53.0 Å². The van der Waals surface area contributed by atoms with Crippen LogP contribution in [0, 0.1) is 11.3 Å². The molecule has 4 heteroatoms. The molecule has 2 fully saturated rings. The van der Waals surface area contributed by atoms with Crippen molar-refractivity contribution < 1.29 is 0 Å². The van der Waals surface area contributed by atoms with Crippen molar-refractivity contribution in [3.05, 3.63) is 0 Å². The zero-order valence-corrected chi connectivity index (χ0v) is 14.9. The molecule has 0 aliphatic carbocycles. The molecule has 0 aromatic heterocycles. The van der Waals surface area contributed by atoms with E-state index in [0.717, 1.165) is 31.5 Å². The first-order chi connectivity index (χ1) is 9.78. The van der Waals surface area contributed by atoms with Gasteiger partial charge in [-0.15, -0.1) is 0 Å². The van der Waals surface area contributed by atoms with Gasteiger partial charge < -0.3 is 15.1 Å². The number of nitrogens with one attached hydrogen (secondary N) is 1. The first-order valence-electron chi connectivity index (χ1n) is 8.48. The molecule has 4 nitrogen and oxygen atoms in total. The maximum absolute atomic E-state index is 4.48. The highest BCUT2D eigenvalue weighted by Crippen LogP contribution is 2.46. The van der Waals surface area contributed by atoms with Crippen LogP contribution in [-0.2, 0) is 0 Å². The standard InChI is InChI=1S/C17H34N4/c1-14-7-10-20(11-8-14)12-9-19-15(18-6)21-13-16(2,3)17(21,4)5/h14H,7-13H2,1-6H3,(H,18,19). The van der Waals surface area contributed by atoms with E-state index in [-0.39, 0.29) is 5.54 Å². The van der Waals surface area contributed by atoms with Crippen LogP contribution in [0.15, 0.2) is 4.99 Å². The molecule has 0 spiro atoms. The van der Waals surface area contributed by atoms with Crippen LogP contribution in [0.2, 0.25) is 0 Å². The van der Waals surface area contributed by atoms with Gasteiger partial charge in [-0.25, -0.2) is 0 Å². The van der Waals surface area contributed by atoms with E-state index in [2.05, 4.69) is 54.7 Å². The van der Waals surface area contributed by atoms with Crippen LogP contribution in [0.5, 0.6) is 0 Å². The monoisotopic (exact) mass is 294 g/mol. The Morgan fingerprint density at radius 1 is 1.19 bits per heavy atom. The van der Waals surface area contributed by atoms with Gasteiger partial charge in [0.2, 0.25) is 0 Å². The summed E-state index contributed by atoms with van der Waals surface area (Å²) in [5.74, 6) is 1.97. The number of aliphatic imine (C=N–C) groups is 1. The summed E-state index contributed by atoms with van der Waals surface area (Å²) in [7, 11) is 1.90. The zero-order valence-electron chi connectivity index (χ0n) is 14.9. The zero-order chi connectivity index (χ0) is 15.7. The molecule has 0 atom stereocenters. The highest BCUT2D eigenvalue weighted by Gasteiger charge is 2.53. The second-order valence-electron chi connectivity index (χ2n) is 8.03. The van der Waals surface area contributed by atoms with Gasteiger partial charge in [-0.05, 0) is 45.7 Å². The average molecular weight is 294 g/mol. The van der Waals surface area contributed by atoms with Crippen molar-refractivity contribution in [3.8, 4) is 0 Å². The van der Waals surface area contributed by atoms with E-state index in [1.807, 2.05) is 7.05 Å². The highest BCUT2D eigenvalue weighted by atomic mass is 15.4. The first-order valence-corrected chi connectivity index (χ1v) is 8.48. The van der Waals surface area contributed by atoms with Crippen molar-refractivity contribution in [3.63, 3.8) is 0 Å². The fourth-order valence-corrected chi connectivity index (χ4v) is 3.31. The summed E-state index contributed by atoms with van der Waals surface area (Å²) in [6.07, 6.45) is 2.70. The minimum atomic E-state index is 0.176. The number of guanidine groups is 1. The fourth-order valence-electron chi connectivity index (χ4n) is 3.31. The van der Waals surface area contributed by atoms with Crippen molar-refractivity contribution in [1.82, 2.24) is 15.1 Å². The summed E-state index contributed by atoms with van der Waals surface area (Å²) in [6.45, 7) is 17.4. The van der Waals surface area contributed by atoms with Crippen LogP contribution in [-0.4, -0.2) is 61.1 Å². The third kappa shape index (κ3) is 3.36. The summed E-state index contributed by atoms with van der Waals surface area (Å²) >= 11 is 0. The molecular formula is C17H34N4. The van der Waals surface area contributed by atoms with E-state index in [4.69, 9.17) is 0 Å². The number of piperidine rings is 1. The molecule has 0 radical (unpaired) electrons. The molecule has 21 heavy (non-hydrogen) atoms. The molecule has 0 amide bonds. The Morgan fingerprint density at radius 3 is 2.29 bits per heavy atom. The molecule has 0 aromatic carbocycles. The summed E-state index contributed by atoms with van der Waals surface area (Å²) in [6, 6.07) is 0.